The molecule has 25 heavy (non-hydrogen) atoms. The Morgan fingerprint density at radius 3 is 2.48 bits per heavy atom. The number of carboxylic acid groups (broad SMARTS) is 1. The summed E-state index contributed by atoms with van der Waals surface area (Å²) in [6, 6.07) is 4.18. The van der Waals surface area contributed by atoms with E-state index in [2.05, 4.69) is 15.6 Å². The third-order valence-electron chi connectivity index (χ3n) is 2.94. The van der Waals surface area contributed by atoms with E-state index in [1.165, 1.54) is 12.1 Å². The SMILES string of the molecule is O=C(Cn1cc(C(=O)O)nn1)NCCOc1ccc(C(F)(F)F)cc1. The Labute approximate surface area is 139 Å². The lowest BCUT2D eigenvalue weighted by Gasteiger charge is -2.10. The molecule has 2 rings (SSSR count). The summed E-state index contributed by atoms with van der Waals surface area (Å²) < 4.78 is 43.5. The van der Waals surface area contributed by atoms with E-state index in [1.54, 1.807) is 0 Å². The molecule has 0 radical (unpaired) electrons. The van der Waals surface area contributed by atoms with E-state index in [-0.39, 0.29) is 31.1 Å². The van der Waals surface area contributed by atoms with Gasteiger partial charge in [0.2, 0.25) is 5.91 Å². The second-order valence-electron chi connectivity index (χ2n) is 4.83. The monoisotopic (exact) mass is 358 g/mol. The van der Waals surface area contributed by atoms with E-state index in [9.17, 15) is 22.8 Å². The molecule has 0 fully saturated rings. The number of ether oxygens (including phenoxy) is 1. The number of nitrogens with one attached hydrogen (secondary N) is 1. The molecule has 0 aliphatic rings. The molecular weight excluding hydrogens is 345 g/mol. The maximum atomic E-state index is 12.4. The number of aromatic nitrogens is 3. The number of carbonyl (C=O) groups excluding carboxylic acids is 1. The van der Waals surface area contributed by atoms with Crippen molar-refractivity contribution < 1.29 is 32.6 Å². The predicted molar refractivity (Wildman–Crippen MR) is 76.9 cm³/mol. The number of amides is 1. The van der Waals surface area contributed by atoms with Crippen LogP contribution in [0.4, 0.5) is 13.2 Å². The minimum atomic E-state index is -4.41. The van der Waals surface area contributed by atoms with Gasteiger partial charge in [-0.25, -0.2) is 9.48 Å². The van der Waals surface area contributed by atoms with Gasteiger partial charge in [0.1, 0.15) is 18.9 Å². The molecule has 0 aliphatic heterocycles. The summed E-state index contributed by atoms with van der Waals surface area (Å²) in [5.74, 6) is -1.46. The molecule has 0 unspecified atom stereocenters. The van der Waals surface area contributed by atoms with Crippen molar-refractivity contribution in [3.05, 3.63) is 41.7 Å². The Bertz CT molecular complexity index is 743. The number of alkyl halides is 3. The third-order valence-corrected chi connectivity index (χ3v) is 2.94. The Balaban J connectivity index is 1.71. The molecular formula is C14H13F3N4O4. The van der Waals surface area contributed by atoms with Crippen LogP contribution >= 0.6 is 0 Å². The van der Waals surface area contributed by atoms with Crippen molar-refractivity contribution in [3.8, 4) is 5.75 Å². The summed E-state index contributed by atoms with van der Waals surface area (Å²) >= 11 is 0. The molecule has 2 N–H and O–H groups in total. The van der Waals surface area contributed by atoms with Gasteiger partial charge in [0.05, 0.1) is 18.3 Å². The van der Waals surface area contributed by atoms with Crippen LogP contribution in [-0.4, -0.2) is 45.1 Å². The van der Waals surface area contributed by atoms with Gasteiger partial charge in [-0.15, -0.1) is 5.10 Å². The number of carboxylic acids is 1. The van der Waals surface area contributed by atoms with Gasteiger partial charge < -0.3 is 15.2 Å². The van der Waals surface area contributed by atoms with Crippen molar-refractivity contribution in [2.75, 3.05) is 13.2 Å². The molecule has 0 spiro atoms. The molecule has 1 aromatic carbocycles. The van der Waals surface area contributed by atoms with Crippen LogP contribution in [0.1, 0.15) is 16.1 Å². The number of hydrogen-bond donors (Lipinski definition) is 2. The summed E-state index contributed by atoms with van der Waals surface area (Å²) in [7, 11) is 0. The molecule has 0 saturated carbocycles. The Hall–Kier alpha value is -3.11. The van der Waals surface area contributed by atoms with Crippen LogP contribution in [0.3, 0.4) is 0 Å². The fraction of sp³-hybridized carbons (Fsp3) is 0.286. The smallest absolute Gasteiger partial charge is 0.416 e. The average molecular weight is 358 g/mol. The summed E-state index contributed by atoms with van der Waals surface area (Å²) in [5.41, 5.74) is -1.06. The largest absolute Gasteiger partial charge is 0.492 e. The third kappa shape index (κ3) is 5.48. The highest BCUT2D eigenvalue weighted by Crippen LogP contribution is 2.30. The lowest BCUT2D eigenvalue weighted by atomic mass is 10.2. The maximum Gasteiger partial charge on any atom is 0.416 e. The molecule has 0 atom stereocenters. The molecule has 1 heterocycles. The van der Waals surface area contributed by atoms with Gasteiger partial charge in [0.15, 0.2) is 5.69 Å². The van der Waals surface area contributed by atoms with Crippen molar-refractivity contribution in [2.24, 2.45) is 0 Å². The normalized spacial score (nSPS) is 11.2. The Kier molecular flexibility index (Phi) is 5.57. The second-order valence-corrected chi connectivity index (χ2v) is 4.83. The lowest BCUT2D eigenvalue weighted by Crippen LogP contribution is -2.31. The highest BCUT2D eigenvalue weighted by atomic mass is 19.4. The van der Waals surface area contributed by atoms with Gasteiger partial charge in [-0.2, -0.15) is 13.2 Å². The van der Waals surface area contributed by atoms with Crippen LogP contribution in [-0.2, 0) is 17.5 Å². The highest BCUT2D eigenvalue weighted by Gasteiger charge is 2.29. The fourth-order valence-electron chi connectivity index (χ4n) is 1.78. The fourth-order valence-corrected chi connectivity index (χ4v) is 1.78. The first-order valence-corrected chi connectivity index (χ1v) is 6.96. The van der Waals surface area contributed by atoms with Crippen molar-refractivity contribution in [1.29, 1.82) is 0 Å². The summed E-state index contributed by atoms with van der Waals surface area (Å²) in [5, 5.41) is 18.0. The number of aromatic carboxylic acids is 1. The number of nitrogens with zero attached hydrogens (tertiary/aromatic N) is 3. The molecule has 1 aromatic heterocycles. The molecule has 0 aliphatic carbocycles. The van der Waals surface area contributed by atoms with E-state index >= 15 is 0 Å². The topological polar surface area (TPSA) is 106 Å². The van der Waals surface area contributed by atoms with Crippen LogP contribution in [0.15, 0.2) is 30.5 Å². The van der Waals surface area contributed by atoms with Gasteiger partial charge in [-0.3, -0.25) is 4.79 Å². The van der Waals surface area contributed by atoms with E-state index < -0.39 is 23.6 Å². The van der Waals surface area contributed by atoms with E-state index in [1.807, 2.05) is 0 Å². The number of benzene rings is 1. The Morgan fingerprint density at radius 2 is 1.92 bits per heavy atom. The van der Waals surface area contributed by atoms with E-state index in [0.29, 0.717) is 0 Å². The van der Waals surface area contributed by atoms with E-state index in [4.69, 9.17) is 9.84 Å². The van der Waals surface area contributed by atoms with Gasteiger partial charge in [-0.05, 0) is 24.3 Å². The Morgan fingerprint density at radius 1 is 1.24 bits per heavy atom. The minimum absolute atomic E-state index is 0.0504. The van der Waals surface area contributed by atoms with E-state index in [0.717, 1.165) is 23.0 Å². The zero-order valence-electron chi connectivity index (χ0n) is 12.7. The van der Waals surface area contributed by atoms with Crippen molar-refractivity contribution in [2.45, 2.75) is 12.7 Å². The average Bonchev–Trinajstić information content (AvgIpc) is 3.00. The van der Waals surface area contributed by atoms with Crippen molar-refractivity contribution in [1.82, 2.24) is 20.3 Å². The molecule has 8 nitrogen and oxygen atoms in total. The van der Waals surface area contributed by atoms with Crippen LogP contribution < -0.4 is 10.1 Å². The molecule has 1 amide bonds. The molecule has 134 valence electrons. The number of halogens is 3. The summed E-state index contributed by atoms with van der Waals surface area (Å²) in [4.78, 5) is 22.3. The first-order chi connectivity index (χ1) is 11.8. The quantitative estimate of drug-likeness (QED) is 0.720. The van der Waals surface area contributed by atoms with Crippen molar-refractivity contribution >= 4 is 11.9 Å². The zero-order valence-corrected chi connectivity index (χ0v) is 12.7. The van der Waals surface area contributed by atoms with Gasteiger partial charge >= 0.3 is 12.1 Å². The molecule has 11 heteroatoms. The zero-order chi connectivity index (χ0) is 18.4. The molecule has 2 aromatic rings. The summed E-state index contributed by atoms with van der Waals surface area (Å²) in [6.45, 7) is -0.0598. The first-order valence-electron chi connectivity index (χ1n) is 6.96. The molecule has 0 bridgehead atoms. The van der Waals surface area contributed by atoms with Gasteiger partial charge in [-0.1, -0.05) is 5.21 Å². The van der Waals surface area contributed by atoms with Gasteiger partial charge in [0, 0.05) is 0 Å². The number of rotatable bonds is 7. The minimum Gasteiger partial charge on any atom is -0.492 e. The number of carbonyl (C=O) groups is 2. The summed E-state index contributed by atoms with van der Waals surface area (Å²) in [6.07, 6.45) is -3.30. The first kappa shape index (κ1) is 18.2. The number of hydrogen-bond acceptors (Lipinski definition) is 5. The maximum absolute atomic E-state index is 12.4. The lowest BCUT2D eigenvalue weighted by molar-refractivity contribution is -0.137. The van der Waals surface area contributed by atoms with Crippen LogP contribution in [0.25, 0.3) is 0 Å². The second kappa shape index (κ2) is 7.64. The molecule has 0 saturated heterocycles. The van der Waals surface area contributed by atoms with Crippen LogP contribution in [0.2, 0.25) is 0 Å². The van der Waals surface area contributed by atoms with Crippen LogP contribution in [0.5, 0.6) is 5.75 Å². The van der Waals surface area contributed by atoms with Crippen molar-refractivity contribution in [3.63, 3.8) is 0 Å². The predicted octanol–water partition coefficient (Wildman–Crippen LogP) is 1.19. The van der Waals surface area contributed by atoms with Gasteiger partial charge in [0.25, 0.3) is 0 Å². The highest BCUT2D eigenvalue weighted by molar-refractivity contribution is 5.84. The van der Waals surface area contributed by atoms with Crippen LogP contribution in [0, 0.1) is 0 Å². The standard InChI is InChI=1S/C14H13F3N4O4/c15-14(16,17)9-1-3-10(4-2-9)25-6-5-18-12(22)8-21-7-11(13(23)24)19-20-21/h1-4,7H,5-6,8H2,(H,18,22)(H,23,24).